The van der Waals surface area contributed by atoms with Crippen molar-refractivity contribution >= 4 is 33.5 Å². The number of carbonyl (C=O) groups is 2. The van der Waals surface area contributed by atoms with Crippen LogP contribution in [0.5, 0.6) is 0 Å². The Morgan fingerprint density at radius 2 is 2.05 bits per heavy atom. The molecule has 5 nitrogen and oxygen atoms in total. The number of carbonyl (C=O) groups excluding carboxylic acids is 1. The van der Waals surface area contributed by atoms with Crippen LogP contribution in [0, 0.1) is 0 Å². The number of primary amides is 1. The van der Waals surface area contributed by atoms with Crippen molar-refractivity contribution in [3.63, 3.8) is 0 Å². The molecule has 3 N–H and O–H groups in total. The Morgan fingerprint density at radius 1 is 1.30 bits per heavy atom. The molecule has 1 aliphatic heterocycles. The summed E-state index contributed by atoms with van der Waals surface area (Å²) in [5.74, 6) is -1.31. The molecule has 0 radical (unpaired) electrons. The number of aliphatic carboxylic acids is 1. The lowest BCUT2D eigenvalue weighted by Gasteiger charge is -2.29. The van der Waals surface area contributed by atoms with Crippen LogP contribution in [-0.2, 0) is 4.79 Å². The van der Waals surface area contributed by atoms with Crippen molar-refractivity contribution < 1.29 is 14.7 Å². The smallest absolute Gasteiger partial charge is 0.326 e. The summed E-state index contributed by atoms with van der Waals surface area (Å²) in [4.78, 5) is 24.5. The van der Waals surface area contributed by atoms with Crippen molar-refractivity contribution in [2.24, 2.45) is 5.73 Å². The number of nitrogens with two attached hydrogens (primary N) is 1. The molecule has 6 heteroatoms. The van der Waals surface area contributed by atoms with Crippen LogP contribution in [0.4, 0.5) is 5.69 Å². The van der Waals surface area contributed by atoms with Gasteiger partial charge in [-0.15, -0.1) is 0 Å². The molecule has 1 amide bonds. The van der Waals surface area contributed by atoms with Crippen molar-refractivity contribution in [1.82, 2.24) is 0 Å². The van der Waals surface area contributed by atoms with E-state index in [2.05, 4.69) is 15.9 Å². The molecule has 0 bridgehead atoms. The van der Waals surface area contributed by atoms with Crippen LogP contribution < -0.4 is 10.6 Å². The minimum atomic E-state index is -0.804. The Balaban J connectivity index is 2.34. The van der Waals surface area contributed by atoms with Crippen LogP contribution in [0.15, 0.2) is 22.7 Å². The zero-order valence-electron chi connectivity index (χ0n) is 11.0. The Bertz CT molecular complexity index is 533. The number of benzene rings is 1. The number of amides is 1. The van der Waals surface area contributed by atoms with Crippen molar-refractivity contribution in [1.29, 1.82) is 0 Å². The van der Waals surface area contributed by atoms with E-state index in [1.807, 2.05) is 4.90 Å². The van der Waals surface area contributed by atoms with E-state index < -0.39 is 17.9 Å². The molecule has 0 spiro atoms. The van der Waals surface area contributed by atoms with Gasteiger partial charge in [0.1, 0.15) is 6.04 Å². The van der Waals surface area contributed by atoms with Crippen molar-refractivity contribution in [3.05, 3.63) is 28.2 Å². The molecule has 1 fully saturated rings. The summed E-state index contributed by atoms with van der Waals surface area (Å²) < 4.78 is 0.593. The highest BCUT2D eigenvalue weighted by Gasteiger charge is 2.27. The summed E-state index contributed by atoms with van der Waals surface area (Å²) in [6.45, 7) is 0.708. The first-order chi connectivity index (χ1) is 9.50. The van der Waals surface area contributed by atoms with Gasteiger partial charge in [0.05, 0.1) is 5.56 Å². The topological polar surface area (TPSA) is 83.6 Å². The third-order valence-corrected chi connectivity index (χ3v) is 4.24. The molecule has 2 rings (SSSR count). The SMILES string of the molecule is NC(=O)c1ccc(N2CCCCCC2C(=O)O)cc1Br. The van der Waals surface area contributed by atoms with E-state index in [0.29, 0.717) is 23.0 Å². The number of nitrogens with zero attached hydrogens (tertiary/aromatic N) is 1. The van der Waals surface area contributed by atoms with E-state index in [0.717, 1.165) is 24.9 Å². The third-order valence-electron chi connectivity index (χ3n) is 3.59. The quantitative estimate of drug-likeness (QED) is 0.884. The molecule has 20 heavy (non-hydrogen) atoms. The highest BCUT2D eigenvalue weighted by atomic mass is 79.9. The number of carboxylic acid groups (broad SMARTS) is 1. The van der Waals surface area contributed by atoms with E-state index >= 15 is 0 Å². The minimum absolute atomic E-state index is 0.399. The predicted octanol–water partition coefficient (Wildman–Crippen LogP) is 2.38. The van der Waals surface area contributed by atoms with E-state index in [4.69, 9.17) is 5.73 Å². The maximum atomic E-state index is 11.4. The number of hydrogen-bond acceptors (Lipinski definition) is 3. The second-order valence-electron chi connectivity index (χ2n) is 4.93. The predicted molar refractivity (Wildman–Crippen MR) is 79.9 cm³/mol. The van der Waals surface area contributed by atoms with E-state index in [1.165, 1.54) is 0 Å². The van der Waals surface area contributed by atoms with Gasteiger partial charge in [-0.05, 0) is 47.0 Å². The van der Waals surface area contributed by atoms with Gasteiger partial charge in [-0.2, -0.15) is 0 Å². The van der Waals surface area contributed by atoms with Crippen molar-refractivity contribution in [2.75, 3.05) is 11.4 Å². The van der Waals surface area contributed by atoms with Crippen LogP contribution in [0.2, 0.25) is 0 Å². The molecule has 1 saturated heterocycles. The summed E-state index contributed by atoms with van der Waals surface area (Å²) in [6, 6.07) is 4.64. The molecule has 1 aromatic rings. The van der Waals surface area contributed by atoms with Gasteiger partial charge in [0.25, 0.3) is 0 Å². The minimum Gasteiger partial charge on any atom is -0.480 e. The third kappa shape index (κ3) is 3.12. The second-order valence-corrected chi connectivity index (χ2v) is 5.78. The Morgan fingerprint density at radius 3 is 2.65 bits per heavy atom. The standard InChI is InChI=1S/C14H17BrN2O3/c15-11-8-9(5-6-10(11)13(16)18)17-7-3-1-2-4-12(17)14(19)20/h5-6,8,12H,1-4,7H2,(H2,16,18)(H,19,20). The lowest BCUT2D eigenvalue weighted by atomic mass is 10.1. The Hall–Kier alpha value is -1.56. The molecule has 0 aromatic heterocycles. The number of carboxylic acids is 1. The summed E-state index contributed by atoms with van der Waals surface area (Å²) in [5, 5.41) is 9.38. The Kier molecular flexibility index (Phi) is 4.65. The molecule has 1 aromatic carbocycles. The molecular formula is C14H17BrN2O3. The molecule has 1 atom stereocenters. The molecule has 108 valence electrons. The van der Waals surface area contributed by atoms with Gasteiger partial charge in [-0.3, -0.25) is 4.79 Å². The summed E-state index contributed by atoms with van der Waals surface area (Å²) in [6.07, 6.45) is 3.58. The maximum absolute atomic E-state index is 11.4. The fraction of sp³-hybridized carbons (Fsp3) is 0.429. The fourth-order valence-electron chi connectivity index (χ4n) is 2.56. The van der Waals surface area contributed by atoms with Crippen LogP contribution in [0.1, 0.15) is 36.0 Å². The summed E-state index contributed by atoms with van der Waals surface area (Å²) in [7, 11) is 0. The van der Waals surface area contributed by atoms with E-state index in [-0.39, 0.29) is 0 Å². The first-order valence-corrected chi connectivity index (χ1v) is 7.39. The van der Waals surface area contributed by atoms with Gasteiger partial charge in [0.2, 0.25) is 5.91 Å². The molecular weight excluding hydrogens is 324 g/mol. The van der Waals surface area contributed by atoms with Gasteiger partial charge in [0.15, 0.2) is 0 Å². The summed E-state index contributed by atoms with van der Waals surface area (Å²) in [5.41, 5.74) is 6.47. The monoisotopic (exact) mass is 340 g/mol. The van der Waals surface area contributed by atoms with Crippen molar-refractivity contribution in [3.8, 4) is 0 Å². The highest BCUT2D eigenvalue weighted by Crippen LogP contribution is 2.28. The Labute approximate surface area is 125 Å². The maximum Gasteiger partial charge on any atom is 0.326 e. The zero-order valence-corrected chi connectivity index (χ0v) is 12.6. The molecule has 0 aliphatic carbocycles. The van der Waals surface area contributed by atoms with Gasteiger partial charge in [-0.25, -0.2) is 4.79 Å². The fourth-order valence-corrected chi connectivity index (χ4v) is 3.12. The van der Waals surface area contributed by atoms with Gasteiger partial charge >= 0.3 is 5.97 Å². The lowest BCUT2D eigenvalue weighted by Crippen LogP contribution is -2.40. The number of rotatable bonds is 3. The lowest BCUT2D eigenvalue weighted by molar-refractivity contribution is -0.138. The van der Waals surface area contributed by atoms with Crippen molar-refractivity contribution in [2.45, 2.75) is 31.7 Å². The van der Waals surface area contributed by atoms with Gasteiger partial charge in [0, 0.05) is 16.7 Å². The molecule has 0 saturated carbocycles. The van der Waals surface area contributed by atoms with Crippen LogP contribution in [0.3, 0.4) is 0 Å². The summed E-state index contributed by atoms with van der Waals surface area (Å²) >= 11 is 3.32. The van der Waals surface area contributed by atoms with Crippen LogP contribution >= 0.6 is 15.9 Å². The number of halogens is 1. The zero-order chi connectivity index (χ0) is 14.7. The molecule has 1 unspecified atom stereocenters. The van der Waals surface area contributed by atoms with Crippen LogP contribution in [0.25, 0.3) is 0 Å². The average molecular weight is 341 g/mol. The van der Waals surface area contributed by atoms with E-state index in [1.54, 1.807) is 18.2 Å². The van der Waals surface area contributed by atoms with Gasteiger partial charge < -0.3 is 15.7 Å². The van der Waals surface area contributed by atoms with E-state index in [9.17, 15) is 14.7 Å². The number of hydrogen-bond donors (Lipinski definition) is 2. The number of anilines is 1. The highest BCUT2D eigenvalue weighted by molar-refractivity contribution is 9.10. The molecule has 1 heterocycles. The normalized spacial score (nSPS) is 19.4. The van der Waals surface area contributed by atoms with Crippen LogP contribution in [-0.4, -0.2) is 29.6 Å². The first kappa shape index (κ1) is 14.8. The average Bonchev–Trinajstić information content (AvgIpc) is 2.63. The first-order valence-electron chi connectivity index (χ1n) is 6.59. The largest absolute Gasteiger partial charge is 0.480 e. The van der Waals surface area contributed by atoms with Gasteiger partial charge in [-0.1, -0.05) is 12.8 Å². The molecule has 1 aliphatic rings. The second kappa shape index (κ2) is 6.26.